The standard InChI is InChI=1S/C24H19N5O3S/c1-16-7-8-21-27-23-19(24(30)28(21)14-16)13-20(33(31,32)18-5-3-2-4-6-18)22(25)29(23)15-17-9-11-26-12-10-17/h2-14,25H,15H2,1H3. The Kier molecular flexibility index (Phi) is 4.90. The molecule has 5 rings (SSSR count). The highest BCUT2D eigenvalue weighted by Crippen LogP contribution is 2.21. The van der Waals surface area contributed by atoms with Crippen molar-refractivity contribution in [1.82, 2.24) is 18.9 Å². The molecule has 8 nitrogen and oxygen atoms in total. The molecule has 0 radical (unpaired) electrons. The van der Waals surface area contributed by atoms with Crippen LogP contribution < -0.4 is 11.0 Å². The number of aryl methyl sites for hydroxylation is 1. The number of hydrogen-bond donors (Lipinski definition) is 1. The predicted octanol–water partition coefficient (Wildman–Crippen LogP) is 2.71. The molecule has 33 heavy (non-hydrogen) atoms. The smallest absolute Gasteiger partial charge is 0.267 e. The molecule has 0 aliphatic carbocycles. The van der Waals surface area contributed by atoms with Crippen LogP contribution in [0.2, 0.25) is 0 Å². The van der Waals surface area contributed by atoms with Gasteiger partial charge in [0, 0.05) is 18.6 Å². The Balaban J connectivity index is 1.90. The Morgan fingerprint density at radius 2 is 1.73 bits per heavy atom. The topological polar surface area (TPSA) is 110 Å². The van der Waals surface area contributed by atoms with E-state index in [9.17, 15) is 13.2 Å². The molecule has 0 fully saturated rings. The van der Waals surface area contributed by atoms with Crippen molar-refractivity contribution >= 4 is 26.5 Å². The van der Waals surface area contributed by atoms with Crippen LogP contribution in [0.15, 0.2) is 93.8 Å². The van der Waals surface area contributed by atoms with Crippen molar-refractivity contribution in [2.45, 2.75) is 23.3 Å². The minimum Gasteiger partial charge on any atom is -0.305 e. The Bertz CT molecular complexity index is 1740. The van der Waals surface area contributed by atoms with Crippen LogP contribution in [0.25, 0.3) is 16.7 Å². The first-order valence-electron chi connectivity index (χ1n) is 10.2. The maximum absolute atomic E-state index is 13.5. The van der Waals surface area contributed by atoms with E-state index < -0.39 is 15.4 Å². The number of aromatic nitrogens is 4. The Hall–Kier alpha value is -4.11. The molecule has 0 atom stereocenters. The lowest BCUT2D eigenvalue weighted by Gasteiger charge is -2.15. The Morgan fingerprint density at radius 3 is 2.45 bits per heavy atom. The van der Waals surface area contributed by atoms with Crippen LogP contribution in [0.5, 0.6) is 0 Å². The summed E-state index contributed by atoms with van der Waals surface area (Å²) < 4.78 is 29.8. The Morgan fingerprint density at radius 1 is 1.00 bits per heavy atom. The van der Waals surface area contributed by atoms with Gasteiger partial charge < -0.3 is 4.57 Å². The highest BCUT2D eigenvalue weighted by molar-refractivity contribution is 7.91. The Labute approximate surface area is 188 Å². The van der Waals surface area contributed by atoms with Crippen molar-refractivity contribution in [2.24, 2.45) is 0 Å². The zero-order chi connectivity index (χ0) is 23.2. The van der Waals surface area contributed by atoms with E-state index in [1.54, 1.807) is 55.0 Å². The van der Waals surface area contributed by atoms with Gasteiger partial charge in [-0.05, 0) is 54.4 Å². The first-order chi connectivity index (χ1) is 15.9. The summed E-state index contributed by atoms with van der Waals surface area (Å²) >= 11 is 0. The van der Waals surface area contributed by atoms with Gasteiger partial charge >= 0.3 is 0 Å². The van der Waals surface area contributed by atoms with Crippen molar-refractivity contribution in [3.63, 3.8) is 0 Å². The number of nitrogens with zero attached hydrogens (tertiary/aromatic N) is 4. The van der Waals surface area contributed by atoms with Crippen molar-refractivity contribution in [2.75, 3.05) is 0 Å². The number of pyridine rings is 3. The van der Waals surface area contributed by atoms with Crippen LogP contribution in [-0.4, -0.2) is 27.4 Å². The van der Waals surface area contributed by atoms with E-state index in [1.165, 1.54) is 27.2 Å². The van der Waals surface area contributed by atoms with Gasteiger partial charge in [-0.3, -0.25) is 19.6 Å². The fourth-order valence-corrected chi connectivity index (χ4v) is 5.18. The summed E-state index contributed by atoms with van der Waals surface area (Å²) in [6.07, 6.45) is 4.90. The summed E-state index contributed by atoms with van der Waals surface area (Å²) in [5.74, 6) is 0. The van der Waals surface area contributed by atoms with E-state index in [0.29, 0.717) is 5.65 Å². The zero-order valence-electron chi connectivity index (χ0n) is 17.6. The molecule has 1 N–H and O–H groups in total. The van der Waals surface area contributed by atoms with Gasteiger partial charge in [0.25, 0.3) is 5.56 Å². The number of rotatable bonds is 4. The van der Waals surface area contributed by atoms with Gasteiger partial charge in [0.1, 0.15) is 21.7 Å². The summed E-state index contributed by atoms with van der Waals surface area (Å²) in [7, 11) is -4.05. The van der Waals surface area contributed by atoms with Crippen LogP contribution in [0.1, 0.15) is 11.1 Å². The lowest BCUT2D eigenvalue weighted by atomic mass is 10.2. The third-order valence-electron chi connectivity index (χ3n) is 5.45. The number of benzene rings is 1. The van der Waals surface area contributed by atoms with Gasteiger partial charge in [-0.15, -0.1) is 0 Å². The lowest BCUT2D eigenvalue weighted by Crippen LogP contribution is -2.30. The molecule has 0 amide bonds. The van der Waals surface area contributed by atoms with Crippen LogP contribution in [0, 0.1) is 12.3 Å². The van der Waals surface area contributed by atoms with Crippen LogP contribution in [0.3, 0.4) is 0 Å². The number of fused-ring (bicyclic) bond motifs is 2. The van der Waals surface area contributed by atoms with Gasteiger partial charge in [0.2, 0.25) is 9.84 Å². The largest absolute Gasteiger partial charge is 0.305 e. The van der Waals surface area contributed by atoms with Crippen molar-refractivity contribution < 1.29 is 8.42 Å². The molecule has 4 aromatic heterocycles. The maximum atomic E-state index is 13.5. The molecular formula is C24H19N5O3S. The minimum absolute atomic E-state index is 0.0537. The van der Waals surface area contributed by atoms with Gasteiger partial charge in [-0.25, -0.2) is 13.4 Å². The van der Waals surface area contributed by atoms with E-state index in [2.05, 4.69) is 9.97 Å². The van der Waals surface area contributed by atoms with Crippen molar-refractivity contribution in [3.8, 4) is 0 Å². The average Bonchev–Trinajstić information content (AvgIpc) is 2.82. The SMILES string of the molecule is Cc1ccc2nc3c(cc(S(=O)(=O)c4ccccc4)c(=N)n3Cc3ccncc3)c(=O)n2c1. The summed E-state index contributed by atoms with van der Waals surface area (Å²) in [6, 6.07) is 16.3. The molecule has 9 heteroatoms. The fraction of sp³-hybridized carbons (Fsp3) is 0.0833. The summed E-state index contributed by atoms with van der Waals surface area (Å²) in [5, 5.41) is 8.94. The lowest BCUT2D eigenvalue weighted by molar-refractivity contribution is 0.591. The van der Waals surface area contributed by atoms with Crippen molar-refractivity contribution in [3.05, 3.63) is 106 Å². The molecule has 0 aliphatic rings. The summed E-state index contributed by atoms with van der Waals surface area (Å²) in [6.45, 7) is 2.02. The van der Waals surface area contributed by atoms with Gasteiger partial charge in [-0.1, -0.05) is 24.3 Å². The van der Waals surface area contributed by atoms with E-state index in [-0.39, 0.29) is 32.9 Å². The second kappa shape index (κ2) is 7.79. The van der Waals surface area contributed by atoms with E-state index >= 15 is 0 Å². The highest BCUT2D eigenvalue weighted by atomic mass is 32.2. The fourth-order valence-electron chi connectivity index (χ4n) is 3.77. The molecule has 0 unspecified atom stereocenters. The van der Waals surface area contributed by atoms with Crippen LogP contribution in [0.4, 0.5) is 0 Å². The van der Waals surface area contributed by atoms with E-state index in [0.717, 1.165) is 11.1 Å². The van der Waals surface area contributed by atoms with Gasteiger partial charge in [0.05, 0.1) is 16.8 Å². The average molecular weight is 458 g/mol. The van der Waals surface area contributed by atoms with Crippen LogP contribution >= 0.6 is 0 Å². The first kappa shape index (κ1) is 20.8. The molecule has 0 bridgehead atoms. The van der Waals surface area contributed by atoms with E-state index in [1.807, 2.05) is 13.0 Å². The third-order valence-corrected chi connectivity index (χ3v) is 7.24. The molecule has 164 valence electrons. The predicted molar refractivity (Wildman–Crippen MR) is 123 cm³/mol. The first-order valence-corrected chi connectivity index (χ1v) is 11.6. The molecule has 0 aliphatic heterocycles. The second-order valence-corrected chi connectivity index (χ2v) is 9.62. The van der Waals surface area contributed by atoms with Gasteiger partial charge in [0.15, 0.2) is 0 Å². The normalized spacial score (nSPS) is 11.8. The number of sulfone groups is 1. The highest BCUT2D eigenvalue weighted by Gasteiger charge is 2.24. The molecule has 4 heterocycles. The molecule has 0 spiro atoms. The molecular weight excluding hydrogens is 438 g/mol. The zero-order valence-corrected chi connectivity index (χ0v) is 18.5. The third kappa shape index (κ3) is 3.52. The summed E-state index contributed by atoms with van der Waals surface area (Å²) in [5.41, 5.74) is 1.69. The number of hydrogen-bond acceptors (Lipinski definition) is 6. The van der Waals surface area contributed by atoms with Crippen LogP contribution in [-0.2, 0) is 16.4 Å². The maximum Gasteiger partial charge on any atom is 0.267 e. The monoisotopic (exact) mass is 457 g/mol. The van der Waals surface area contributed by atoms with Crippen molar-refractivity contribution in [1.29, 1.82) is 5.41 Å². The molecule has 5 aromatic rings. The minimum atomic E-state index is -4.05. The number of nitrogens with one attached hydrogen (secondary N) is 1. The second-order valence-electron chi connectivity index (χ2n) is 7.70. The quantitative estimate of drug-likeness (QED) is 0.417. The molecule has 0 saturated carbocycles. The van der Waals surface area contributed by atoms with Gasteiger partial charge in [-0.2, -0.15) is 0 Å². The summed E-state index contributed by atoms with van der Waals surface area (Å²) in [4.78, 5) is 21.9. The molecule has 0 saturated heterocycles. The molecule has 1 aromatic carbocycles. The van der Waals surface area contributed by atoms with E-state index in [4.69, 9.17) is 5.41 Å².